The van der Waals surface area contributed by atoms with Gasteiger partial charge in [0.25, 0.3) is 0 Å². The fraction of sp³-hybridized carbons (Fsp3) is 0.250. The monoisotopic (exact) mass is 176 g/mol. The van der Waals surface area contributed by atoms with E-state index in [1.807, 2.05) is 0 Å². The summed E-state index contributed by atoms with van der Waals surface area (Å²) in [6.45, 7) is -1.12. The van der Waals surface area contributed by atoms with Gasteiger partial charge in [-0.25, -0.2) is 13.2 Å². The van der Waals surface area contributed by atoms with Crippen LogP contribution >= 0.6 is 0 Å². The highest BCUT2D eigenvalue weighted by molar-refractivity contribution is 5.21. The van der Waals surface area contributed by atoms with Gasteiger partial charge in [0.2, 0.25) is 0 Å². The molecule has 0 aromatic heterocycles. The molecule has 0 bridgehead atoms. The van der Waals surface area contributed by atoms with Crippen molar-refractivity contribution in [3.63, 3.8) is 0 Å². The van der Waals surface area contributed by atoms with Gasteiger partial charge < -0.3 is 5.11 Å². The number of hydrogen-bond acceptors (Lipinski definition) is 1. The van der Waals surface area contributed by atoms with Crippen LogP contribution in [0.4, 0.5) is 13.2 Å². The predicted octanol–water partition coefficient (Wildman–Crippen LogP) is 1.97. The molecule has 0 aliphatic heterocycles. The van der Waals surface area contributed by atoms with E-state index in [2.05, 4.69) is 0 Å². The Balaban J connectivity index is 3.07. The second-order valence-corrected chi connectivity index (χ2v) is 2.31. The molecule has 0 saturated carbocycles. The van der Waals surface area contributed by atoms with E-state index < -0.39 is 24.4 Å². The van der Waals surface area contributed by atoms with E-state index in [-0.39, 0.29) is 5.56 Å². The summed E-state index contributed by atoms with van der Waals surface area (Å²) in [5.74, 6) is -2.28. The lowest BCUT2D eigenvalue weighted by Crippen LogP contribution is -2.03. The van der Waals surface area contributed by atoms with Crippen LogP contribution in [0.3, 0.4) is 0 Å². The Labute approximate surface area is 67.5 Å². The summed E-state index contributed by atoms with van der Waals surface area (Å²) in [5, 5.41) is 8.85. The van der Waals surface area contributed by atoms with Gasteiger partial charge >= 0.3 is 0 Å². The molecule has 1 unspecified atom stereocenters. The first-order valence-corrected chi connectivity index (χ1v) is 3.34. The lowest BCUT2D eigenvalue weighted by Gasteiger charge is -2.07. The maximum atomic E-state index is 12.7. The zero-order chi connectivity index (χ0) is 9.14. The number of halogens is 3. The smallest absolute Gasteiger partial charge is 0.164 e. The van der Waals surface area contributed by atoms with E-state index in [1.165, 1.54) is 6.07 Å². The third-order valence-electron chi connectivity index (χ3n) is 1.49. The van der Waals surface area contributed by atoms with Gasteiger partial charge in [0.05, 0.1) is 0 Å². The van der Waals surface area contributed by atoms with Crippen LogP contribution in [0.15, 0.2) is 18.2 Å². The first-order valence-electron chi connectivity index (χ1n) is 3.34. The highest BCUT2D eigenvalue weighted by Gasteiger charge is 2.14. The average molecular weight is 176 g/mol. The van der Waals surface area contributed by atoms with Gasteiger partial charge in [-0.3, -0.25) is 0 Å². The number of benzene rings is 1. The van der Waals surface area contributed by atoms with E-state index in [4.69, 9.17) is 5.11 Å². The largest absolute Gasteiger partial charge is 0.386 e. The molecular weight excluding hydrogens is 169 g/mol. The predicted molar refractivity (Wildman–Crippen MR) is 37.3 cm³/mol. The maximum Gasteiger partial charge on any atom is 0.164 e. The summed E-state index contributed by atoms with van der Waals surface area (Å²) >= 11 is 0. The van der Waals surface area contributed by atoms with E-state index in [9.17, 15) is 13.2 Å². The quantitative estimate of drug-likeness (QED) is 0.730. The summed E-state index contributed by atoms with van der Waals surface area (Å²) in [5.41, 5.74) is -0.350. The molecule has 0 aliphatic rings. The van der Waals surface area contributed by atoms with Crippen molar-refractivity contribution in [3.05, 3.63) is 35.4 Å². The Kier molecular flexibility index (Phi) is 2.70. The molecule has 4 heteroatoms. The molecule has 66 valence electrons. The number of aliphatic hydroxyl groups is 1. The van der Waals surface area contributed by atoms with Gasteiger partial charge in [-0.15, -0.1) is 0 Å². The SMILES string of the molecule is OC(CF)c1cccc(F)c1F. The molecule has 0 aliphatic carbocycles. The van der Waals surface area contributed by atoms with Gasteiger partial charge in [-0.2, -0.15) is 0 Å². The minimum Gasteiger partial charge on any atom is -0.386 e. The Bertz CT molecular complexity index is 275. The fourth-order valence-corrected chi connectivity index (χ4v) is 0.861. The fourth-order valence-electron chi connectivity index (χ4n) is 0.861. The zero-order valence-corrected chi connectivity index (χ0v) is 6.10. The third-order valence-corrected chi connectivity index (χ3v) is 1.49. The molecule has 0 radical (unpaired) electrons. The van der Waals surface area contributed by atoms with Gasteiger partial charge in [-0.1, -0.05) is 12.1 Å². The molecule has 0 heterocycles. The van der Waals surface area contributed by atoms with Gasteiger partial charge in [0.1, 0.15) is 12.8 Å². The van der Waals surface area contributed by atoms with Crippen molar-refractivity contribution >= 4 is 0 Å². The van der Waals surface area contributed by atoms with Crippen LogP contribution < -0.4 is 0 Å². The molecule has 0 fully saturated rings. The van der Waals surface area contributed by atoms with Crippen LogP contribution in [0.5, 0.6) is 0 Å². The summed E-state index contributed by atoms with van der Waals surface area (Å²) in [4.78, 5) is 0. The summed E-state index contributed by atoms with van der Waals surface area (Å²) in [7, 11) is 0. The third kappa shape index (κ3) is 1.58. The number of hydrogen-bond donors (Lipinski definition) is 1. The number of aliphatic hydroxyl groups excluding tert-OH is 1. The van der Waals surface area contributed by atoms with Crippen LogP contribution in [-0.2, 0) is 0 Å². The highest BCUT2D eigenvalue weighted by atomic mass is 19.2. The second-order valence-electron chi connectivity index (χ2n) is 2.31. The van der Waals surface area contributed by atoms with Crippen molar-refractivity contribution in [1.29, 1.82) is 0 Å². The second kappa shape index (κ2) is 3.58. The minimum absolute atomic E-state index is 0.350. The van der Waals surface area contributed by atoms with Crippen LogP contribution in [0.25, 0.3) is 0 Å². The van der Waals surface area contributed by atoms with E-state index >= 15 is 0 Å². The van der Waals surface area contributed by atoms with Crippen molar-refractivity contribution < 1.29 is 18.3 Å². The normalized spacial score (nSPS) is 13.0. The first kappa shape index (κ1) is 9.06. The minimum atomic E-state index is -1.58. The molecule has 0 amide bonds. The van der Waals surface area contributed by atoms with E-state index in [0.29, 0.717) is 0 Å². The van der Waals surface area contributed by atoms with Crippen LogP contribution in [0.2, 0.25) is 0 Å². The summed E-state index contributed by atoms with van der Waals surface area (Å²) in [6, 6.07) is 3.26. The van der Waals surface area contributed by atoms with Gasteiger partial charge in [-0.05, 0) is 6.07 Å². The van der Waals surface area contributed by atoms with Crippen molar-refractivity contribution in [2.45, 2.75) is 6.10 Å². The Morgan fingerprint density at radius 3 is 2.58 bits per heavy atom. The lowest BCUT2D eigenvalue weighted by molar-refractivity contribution is 0.137. The standard InChI is InChI=1S/C8H7F3O/c9-4-7(12)5-2-1-3-6(10)8(5)11/h1-3,7,12H,4H2. The molecule has 1 aromatic rings. The Hall–Kier alpha value is -1.03. The molecule has 1 atom stereocenters. The highest BCUT2D eigenvalue weighted by Crippen LogP contribution is 2.19. The van der Waals surface area contributed by atoms with Crippen LogP contribution in [-0.4, -0.2) is 11.8 Å². The average Bonchev–Trinajstić information content (AvgIpc) is 2.08. The topological polar surface area (TPSA) is 20.2 Å². The Morgan fingerprint density at radius 2 is 2.00 bits per heavy atom. The van der Waals surface area contributed by atoms with Crippen molar-refractivity contribution in [2.75, 3.05) is 6.67 Å². The summed E-state index contributed by atoms with van der Waals surface area (Å²) < 4.78 is 37.0. The van der Waals surface area contributed by atoms with Crippen LogP contribution in [0, 0.1) is 11.6 Å². The molecule has 0 spiro atoms. The summed E-state index contributed by atoms with van der Waals surface area (Å²) in [6.07, 6.45) is -1.58. The molecule has 1 N–H and O–H groups in total. The van der Waals surface area contributed by atoms with Crippen molar-refractivity contribution in [1.82, 2.24) is 0 Å². The molecule has 0 saturated heterocycles. The molecule has 1 rings (SSSR count). The first-order chi connectivity index (χ1) is 5.66. The van der Waals surface area contributed by atoms with Crippen molar-refractivity contribution in [3.8, 4) is 0 Å². The van der Waals surface area contributed by atoms with Crippen LogP contribution in [0.1, 0.15) is 11.7 Å². The molecular formula is C8H7F3O. The van der Waals surface area contributed by atoms with Gasteiger partial charge in [0.15, 0.2) is 11.6 Å². The lowest BCUT2D eigenvalue weighted by atomic mass is 10.1. The van der Waals surface area contributed by atoms with Crippen molar-refractivity contribution in [2.24, 2.45) is 0 Å². The zero-order valence-electron chi connectivity index (χ0n) is 6.10. The van der Waals surface area contributed by atoms with Gasteiger partial charge in [0, 0.05) is 5.56 Å². The maximum absolute atomic E-state index is 12.7. The Morgan fingerprint density at radius 1 is 1.33 bits per heavy atom. The van der Waals surface area contributed by atoms with E-state index in [0.717, 1.165) is 12.1 Å². The molecule has 1 nitrogen and oxygen atoms in total. The number of rotatable bonds is 2. The molecule has 12 heavy (non-hydrogen) atoms. The van der Waals surface area contributed by atoms with E-state index in [1.54, 1.807) is 0 Å². The number of alkyl halides is 1. The molecule has 1 aromatic carbocycles.